The zero-order chi connectivity index (χ0) is 43.3. The molecule has 2 heteroatoms. The molecule has 0 N–H and O–H groups in total. The van der Waals surface area contributed by atoms with E-state index in [1.807, 2.05) is 22.7 Å². The number of rotatable bonds is 5. The highest BCUT2D eigenvalue weighted by Gasteiger charge is 2.22. The molecule has 0 amide bonds. The van der Waals surface area contributed by atoms with E-state index < -0.39 is 0 Å². The van der Waals surface area contributed by atoms with Gasteiger partial charge in [0.05, 0.1) is 0 Å². The molecule has 0 aliphatic carbocycles. The summed E-state index contributed by atoms with van der Waals surface area (Å²) in [6, 6.07) is 86.1. The van der Waals surface area contributed by atoms with E-state index in [1.165, 1.54) is 139 Å². The number of hydrogen-bond donors (Lipinski definition) is 0. The molecule has 12 aromatic carbocycles. The summed E-state index contributed by atoms with van der Waals surface area (Å²) in [7, 11) is 0. The fraction of sp³-hybridized carbons (Fsp3) is 0. The van der Waals surface area contributed by atoms with Crippen molar-refractivity contribution in [1.29, 1.82) is 0 Å². The minimum atomic E-state index is 1.22. The van der Waals surface area contributed by atoms with Gasteiger partial charge in [0.25, 0.3) is 0 Å². The second kappa shape index (κ2) is 14.8. The third kappa shape index (κ3) is 5.76. The monoisotopic (exact) mass is 870 g/mol. The van der Waals surface area contributed by atoms with E-state index in [0.29, 0.717) is 0 Å². The normalized spacial score (nSPS) is 11.9. The summed E-state index contributed by atoms with van der Waals surface area (Å²) in [6.45, 7) is 0. The Morgan fingerprint density at radius 1 is 0.167 bits per heavy atom. The molecule has 14 rings (SSSR count). The van der Waals surface area contributed by atoms with Crippen molar-refractivity contribution in [2.75, 3.05) is 0 Å². The lowest BCUT2D eigenvalue weighted by molar-refractivity contribution is 1.63. The molecule has 0 spiro atoms. The molecule has 2 aromatic heterocycles. The molecular formula is C64H38S2. The highest BCUT2D eigenvalue weighted by atomic mass is 32.1. The molecule has 0 unspecified atom stereocenters. The van der Waals surface area contributed by atoms with Crippen molar-refractivity contribution in [3.63, 3.8) is 0 Å². The van der Waals surface area contributed by atoms with Crippen molar-refractivity contribution in [2.24, 2.45) is 0 Å². The smallest absolute Gasteiger partial charge is 0.0361 e. The Labute approximate surface area is 389 Å². The second-order valence-electron chi connectivity index (χ2n) is 17.5. The largest absolute Gasteiger partial charge is 0.135 e. The van der Waals surface area contributed by atoms with Crippen molar-refractivity contribution in [3.05, 3.63) is 231 Å². The van der Waals surface area contributed by atoms with Gasteiger partial charge in [-0.15, -0.1) is 22.7 Å². The molecule has 0 bridgehead atoms. The third-order valence-corrected chi connectivity index (χ3v) is 16.2. The van der Waals surface area contributed by atoms with Crippen molar-refractivity contribution >= 4 is 106 Å². The van der Waals surface area contributed by atoms with E-state index in [9.17, 15) is 0 Å². The van der Waals surface area contributed by atoms with E-state index in [2.05, 4.69) is 231 Å². The molecule has 0 saturated carbocycles. The fourth-order valence-electron chi connectivity index (χ4n) is 10.9. The number of fused-ring (bicyclic) bond motifs is 10. The lowest BCUT2D eigenvalue weighted by Crippen LogP contribution is -1.94. The lowest BCUT2D eigenvalue weighted by atomic mass is 9.81. The quantitative estimate of drug-likeness (QED) is 0.151. The molecule has 0 nitrogen and oxygen atoms in total. The second-order valence-corrected chi connectivity index (χ2v) is 19.6. The van der Waals surface area contributed by atoms with Crippen molar-refractivity contribution in [2.45, 2.75) is 0 Å². The Balaban J connectivity index is 0.921. The van der Waals surface area contributed by atoms with E-state index in [4.69, 9.17) is 0 Å². The van der Waals surface area contributed by atoms with Crippen molar-refractivity contribution in [1.82, 2.24) is 0 Å². The van der Waals surface area contributed by atoms with Gasteiger partial charge in [0.1, 0.15) is 0 Å². The molecule has 0 fully saturated rings. The number of benzene rings is 12. The van der Waals surface area contributed by atoms with Crippen molar-refractivity contribution < 1.29 is 0 Å². The van der Waals surface area contributed by atoms with Gasteiger partial charge in [0.2, 0.25) is 0 Å². The van der Waals surface area contributed by atoms with Gasteiger partial charge < -0.3 is 0 Å². The van der Waals surface area contributed by atoms with Crippen LogP contribution in [0.2, 0.25) is 0 Å². The maximum Gasteiger partial charge on any atom is 0.0361 e. The molecule has 0 saturated heterocycles. The predicted octanol–water partition coefficient (Wildman–Crippen LogP) is 19.4. The van der Waals surface area contributed by atoms with Crippen LogP contribution in [0.3, 0.4) is 0 Å². The van der Waals surface area contributed by atoms with Crippen LogP contribution in [0.25, 0.3) is 139 Å². The van der Waals surface area contributed by atoms with Gasteiger partial charge in [0, 0.05) is 40.3 Å². The summed E-state index contributed by atoms with van der Waals surface area (Å²) in [5.41, 5.74) is 12.5. The van der Waals surface area contributed by atoms with Gasteiger partial charge in [0.15, 0.2) is 0 Å². The molecule has 14 aromatic rings. The maximum absolute atomic E-state index is 2.36. The van der Waals surface area contributed by atoms with E-state index in [1.54, 1.807) is 0 Å². The van der Waals surface area contributed by atoms with Crippen LogP contribution >= 0.6 is 22.7 Å². The Hall–Kier alpha value is -7.88. The predicted molar refractivity (Wildman–Crippen MR) is 289 cm³/mol. The Bertz CT molecular complexity index is 3870. The standard InChI is InChI=1S/C64H38S2/c1-5-19-53-49(15-1)61(41-29-25-39(26-30-41)43-33-35-47-45-13-9-11-23-57(45)65-59(47)37-43)50-16-2-6-20-54(50)63(53)64-55-21-7-3-17-51(55)62(52-18-4-8-22-56(52)64)42-31-27-40(28-32-42)44-34-36-48-46-14-10-12-24-58(46)66-60(48)38-44/h1-38H. The molecule has 66 heavy (non-hydrogen) atoms. The SMILES string of the molecule is c1ccc2c(c1)sc1cc(-c3ccc(-c4c5ccccc5c(-c5c6ccccc6c(-c6ccc(-c7ccc8c(c7)sc7ccccc78)cc6)c6ccccc56)c5ccccc45)cc3)ccc12. The average molecular weight is 871 g/mol. The maximum atomic E-state index is 2.36. The summed E-state index contributed by atoms with van der Waals surface area (Å²) in [4.78, 5) is 0. The van der Waals surface area contributed by atoms with Gasteiger partial charge in [-0.3, -0.25) is 0 Å². The van der Waals surface area contributed by atoms with Gasteiger partial charge in [-0.2, -0.15) is 0 Å². The number of thiophene rings is 2. The molecule has 2 heterocycles. The first-order chi connectivity index (χ1) is 32.7. The number of hydrogen-bond acceptors (Lipinski definition) is 2. The highest BCUT2D eigenvalue weighted by molar-refractivity contribution is 7.26. The van der Waals surface area contributed by atoms with E-state index >= 15 is 0 Å². The van der Waals surface area contributed by atoms with Gasteiger partial charge in [-0.1, -0.05) is 206 Å². The van der Waals surface area contributed by atoms with Gasteiger partial charge >= 0.3 is 0 Å². The van der Waals surface area contributed by atoms with Crippen LogP contribution < -0.4 is 0 Å². The summed E-state index contributed by atoms with van der Waals surface area (Å²) < 4.78 is 5.32. The molecule has 0 aliphatic heterocycles. The molecule has 0 atom stereocenters. The van der Waals surface area contributed by atoms with Crippen LogP contribution in [0, 0.1) is 0 Å². The summed E-state index contributed by atoms with van der Waals surface area (Å²) in [6.07, 6.45) is 0. The third-order valence-electron chi connectivity index (χ3n) is 13.9. The zero-order valence-corrected chi connectivity index (χ0v) is 37.4. The van der Waals surface area contributed by atoms with Crippen molar-refractivity contribution in [3.8, 4) is 55.6 Å². The Morgan fingerprint density at radius 2 is 0.409 bits per heavy atom. The van der Waals surface area contributed by atoms with E-state index in [-0.39, 0.29) is 0 Å². The minimum absolute atomic E-state index is 1.22. The topological polar surface area (TPSA) is 0 Å². The Morgan fingerprint density at radius 3 is 0.742 bits per heavy atom. The fourth-order valence-corrected chi connectivity index (χ4v) is 13.2. The minimum Gasteiger partial charge on any atom is -0.135 e. The van der Waals surface area contributed by atoms with Gasteiger partial charge in [-0.05, 0) is 123 Å². The summed E-state index contributed by atoms with van der Waals surface area (Å²) in [5.74, 6) is 0. The Kier molecular flexibility index (Phi) is 8.43. The molecule has 0 aliphatic rings. The summed E-state index contributed by atoms with van der Waals surface area (Å²) in [5, 5.41) is 15.4. The van der Waals surface area contributed by atoms with Crippen LogP contribution in [0.5, 0.6) is 0 Å². The summed E-state index contributed by atoms with van der Waals surface area (Å²) >= 11 is 3.75. The first kappa shape index (κ1) is 37.5. The molecule has 306 valence electrons. The highest BCUT2D eigenvalue weighted by Crippen LogP contribution is 2.50. The first-order valence-corrected chi connectivity index (χ1v) is 24.3. The van der Waals surface area contributed by atoms with E-state index in [0.717, 1.165) is 0 Å². The first-order valence-electron chi connectivity index (χ1n) is 22.6. The molecule has 0 radical (unpaired) electrons. The van der Waals surface area contributed by atoms with Crippen LogP contribution in [-0.4, -0.2) is 0 Å². The average Bonchev–Trinajstić information content (AvgIpc) is 3.95. The van der Waals surface area contributed by atoms with Crippen LogP contribution in [0.4, 0.5) is 0 Å². The van der Waals surface area contributed by atoms with Gasteiger partial charge in [-0.25, -0.2) is 0 Å². The van der Waals surface area contributed by atoms with Crippen LogP contribution in [0.15, 0.2) is 231 Å². The molecular weight excluding hydrogens is 833 g/mol. The van der Waals surface area contributed by atoms with Crippen LogP contribution in [-0.2, 0) is 0 Å². The van der Waals surface area contributed by atoms with Crippen LogP contribution in [0.1, 0.15) is 0 Å². The lowest BCUT2D eigenvalue weighted by Gasteiger charge is -2.22. The zero-order valence-electron chi connectivity index (χ0n) is 35.8.